The zero-order chi connectivity index (χ0) is 17.2. The van der Waals surface area contributed by atoms with Crippen LogP contribution in [0.2, 0.25) is 0 Å². The number of aliphatic imine (C=N–C) groups is 1. The summed E-state index contributed by atoms with van der Waals surface area (Å²) in [6, 6.07) is 17.9. The van der Waals surface area contributed by atoms with E-state index >= 15 is 0 Å². The number of hydrogen-bond acceptors (Lipinski definition) is 3. The van der Waals surface area contributed by atoms with E-state index in [0.717, 1.165) is 24.0 Å². The summed E-state index contributed by atoms with van der Waals surface area (Å²) < 4.78 is 10.9. The third-order valence-electron chi connectivity index (χ3n) is 3.53. The second kappa shape index (κ2) is 9.45. The van der Waals surface area contributed by atoms with E-state index in [1.165, 1.54) is 5.56 Å². The van der Waals surface area contributed by atoms with Gasteiger partial charge in [-0.1, -0.05) is 36.4 Å². The molecule has 0 radical (unpaired) electrons. The van der Waals surface area contributed by atoms with E-state index < -0.39 is 0 Å². The first-order chi connectivity index (χ1) is 11.7. The Balaban J connectivity index is 1.77. The van der Waals surface area contributed by atoms with Crippen molar-refractivity contribution in [2.75, 3.05) is 34.4 Å². The summed E-state index contributed by atoms with van der Waals surface area (Å²) in [6.45, 7) is 2.02. The van der Waals surface area contributed by atoms with Crippen LogP contribution in [0.4, 0.5) is 0 Å². The number of guanidine groups is 1. The summed E-state index contributed by atoms with van der Waals surface area (Å²) in [7, 11) is 5.45. The number of benzene rings is 2. The molecular weight excluding hydrogens is 302 g/mol. The Bertz CT molecular complexity index is 644. The SMILES string of the molecule is CN=C(NCCOc1cccc(OC)c1)N(C)Cc1ccccc1. The molecular formula is C19H25N3O2. The van der Waals surface area contributed by atoms with Crippen LogP contribution in [0, 0.1) is 0 Å². The Morgan fingerprint density at radius 3 is 2.54 bits per heavy atom. The minimum atomic E-state index is 0.547. The molecule has 0 spiro atoms. The van der Waals surface area contributed by atoms with E-state index in [-0.39, 0.29) is 0 Å². The predicted molar refractivity (Wildman–Crippen MR) is 97.8 cm³/mol. The molecule has 0 amide bonds. The lowest BCUT2D eigenvalue weighted by molar-refractivity contribution is 0.316. The molecule has 0 aliphatic heterocycles. The molecule has 2 aromatic carbocycles. The second-order valence-corrected chi connectivity index (χ2v) is 5.34. The van der Waals surface area contributed by atoms with E-state index in [1.807, 2.05) is 49.5 Å². The van der Waals surface area contributed by atoms with Gasteiger partial charge < -0.3 is 19.7 Å². The van der Waals surface area contributed by atoms with Crippen LogP contribution in [0.5, 0.6) is 11.5 Å². The first-order valence-electron chi connectivity index (χ1n) is 7.95. The minimum Gasteiger partial charge on any atom is -0.497 e. The standard InChI is InChI=1S/C19H25N3O2/c1-20-19(22(2)15-16-8-5-4-6-9-16)21-12-13-24-18-11-7-10-17(14-18)23-3/h4-11,14H,12-13,15H2,1-3H3,(H,20,21). The van der Waals surface area contributed by atoms with Crippen molar-refractivity contribution in [2.45, 2.75) is 6.54 Å². The van der Waals surface area contributed by atoms with Gasteiger partial charge in [0.2, 0.25) is 0 Å². The van der Waals surface area contributed by atoms with Crippen molar-refractivity contribution in [3.8, 4) is 11.5 Å². The van der Waals surface area contributed by atoms with E-state index in [4.69, 9.17) is 9.47 Å². The van der Waals surface area contributed by atoms with Crippen LogP contribution in [-0.4, -0.2) is 45.2 Å². The highest BCUT2D eigenvalue weighted by Gasteiger charge is 2.06. The van der Waals surface area contributed by atoms with Gasteiger partial charge >= 0.3 is 0 Å². The van der Waals surface area contributed by atoms with Crippen molar-refractivity contribution in [3.05, 3.63) is 60.2 Å². The minimum absolute atomic E-state index is 0.547. The first-order valence-corrected chi connectivity index (χ1v) is 7.95. The molecule has 0 aliphatic rings. The molecule has 5 heteroatoms. The third-order valence-corrected chi connectivity index (χ3v) is 3.53. The fraction of sp³-hybridized carbons (Fsp3) is 0.316. The van der Waals surface area contributed by atoms with Crippen LogP contribution in [0.25, 0.3) is 0 Å². The van der Waals surface area contributed by atoms with E-state index in [9.17, 15) is 0 Å². The van der Waals surface area contributed by atoms with Gasteiger partial charge in [-0.05, 0) is 17.7 Å². The zero-order valence-electron chi connectivity index (χ0n) is 14.5. The lowest BCUT2D eigenvalue weighted by Crippen LogP contribution is -2.40. The molecule has 0 bridgehead atoms. The lowest BCUT2D eigenvalue weighted by atomic mass is 10.2. The van der Waals surface area contributed by atoms with E-state index in [1.54, 1.807) is 14.2 Å². The maximum absolute atomic E-state index is 5.73. The maximum Gasteiger partial charge on any atom is 0.193 e. The molecule has 0 aliphatic carbocycles. The van der Waals surface area contributed by atoms with Crippen LogP contribution >= 0.6 is 0 Å². The number of nitrogens with zero attached hydrogens (tertiary/aromatic N) is 2. The van der Waals surface area contributed by atoms with Crippen molar-refractivity contribution in [3.63, 3.8) is 0 Å². The van der Waals surface area contributed by atoms with Crippen molar-refractivity contribution in [2.24, 2.45) is 4.99 Å². The van der Waals surface area contributed by atoms with E-state index in [2.05, 4.69) is 27.3 Å². The summed E-state index contributed by atoms with van der Waals surface area (Å²) in [6.07, 6.45) is 0. The number of ether oxygens (including phenoxy) is 2. The van der Waals surface area contributed by atoms with Gasteiger partial charge in [0.05, 0.1) is 13.7 Å². The van der Waals surface area contributed by atoms with Crippen molar-refractivity contribution < 1.29 is 9.47 Å². The van der Waals surface area contributed by atoms with Gasteiger partial charge in [-0.25, -0.2) is 0 Å². The number of nitrogens with one attached hydrogen (secondary N) is 1. The lowest BCUT2D eigenvalue weighted by Gasteiger charge is -2.22. The first kappa shape index (κ1) is 17.7. The topological polar surface area (TPSA) is 46.1 Å². The largest absolute Gasteiger partial charge is 0.497 e. The van der Waals surface area contributed by atoms with Crippen LogP contribution in [0.15, 0.2) is 59.6 Å². The molecule has 0 aromatic heterocycles. The third kappa shape index (κ3) is 5.50. The van der Waals surface area contributed by atoms with Gasteiger partial charge in [-0.15, -0.1) is 0 Å². The fourth-order valence-corrected chi connectivity index (χ4v) is 2.34. The van der Waals surface area contributed by atoms with Gasteiger partial charge in [0.1, 0.15) is 18.1 Å². The number of hydrogen-bond donors (Lipinski definition) is 1. The monoisotopic (exact) mass is 327 g/mol. The smallest absolute Gasteiger partial charge is 0.193 e. The maximum atomic E-state index is 5.73. The molecule has 128 valence electrons. The molecule has 0 atom stereocenters. The fourth-order valence-electron chi connectivity index (χ4n) is 2.34. The summed E-state index contributed by atoms with van der Waals surface area (Å²) in [5.74, 6) is 2.43. The van der Waals surface area contributed by atoms with Gasteiger partial charge in [0.15, 0.2) is 5.96 Å². The molecule has 0 saturated heterocycles. The molecule has 2 rings (SSSR count). The van der Waals surface area contributed by atoms with E-state index in [0.29, 0.717) is 13.2 Å². The van der Waals surface area contributed by atoms with Crippen LogP contribution in [0.1, 0.15) is 5.56 Å². The van der Waals surface area contributed by atoms with Crippen molar-refractivity contribution in [1.82, 2.24) is 10.2 Å². The normalized spacial score (nSPS) is 11.0. The highest BCUT2D eigenvalue weighted by Crippen LogP contribution is 2.18. The molecule has 24 heavy (non-hydrogen) atoms. The summed E-state index contributed by atoms with van der Waals surface area (Å²) >= 11 is 0. The van der Waals surface area contributed by atoms with Gasteiger partial charge in [0, 0.05) is 26.7 Å². The Kier molecular flexibility index (Phi) is 6.95. The summed E-state index contributed by atoms with van der Waals surface area (Å²) in [4.78, 5) is 6.40. The molecule has 0 fully saturated rings. The Hall–Kier alpha value is -2.69. The summed E-state index contributed by atoms with van der Waals surface area (Å²) in [5, 5.41) is 3.31. The van der Waals surface area contributed by atoms with Gasteiger partial charge in [-0.3, -0.25) is 4.99 Å². The number of methoxy groups -OCH3 is 1. The predicted octanol–water partition coefficient (Wildman–Crippen LogP) is 2.78. The Morgan fingerprint density at radius 2 is 1.83 bits per heavy atom. The van der Waals surface area contributed by atoms with Gasteiger partial charge in [0.25, 0.3) is 0 Å². The molecule has 5 nitrogen and oxygen atoms in total. The van der Waals surface area contributed by atoms with Crippen LogP contribution in [0.3, 0.4) is 0 Å². The Morgan fingerprint density at radius 1 is 1.08 bits per heavy atom. The average Bonchev–Trinajstić information content (AvgIpc) is 2.62. The molecule has 0 saturated carbocycles. The van der Waals surface area contributed by atoms with Crippen molar-refractivity contribution >= 4 is 5.96 Å². The number of rotatable bonds is 7. The van der Waals surface area contributed by atoms with Gasteiger partial charge in [-0.2, -0.15) is 0 Å². The highest BCUT2D eigenvalue weighted by atomic mass is 16.5. The van der Waals surface area contributed by atoms with Crippen LogP contribution < -0.4 is 14.8 Å². The average molecular weight is 327 g/mol. The molecule has 1 N–H and O–H groups in total. The van der Waals surface area contributed by atoms with Crippen molar-refractivity contribution in [1.29, 1.82) is 0 Å². The second-order valence-electron chi connectivity index (χ2n) is 5.34. The summed E-state index contributed by atoms with van der Waals surface area (Å²) in [5.41, 5.74) is 1.25. The molecule has 0 unspecified atom stereocenters. The molecule has 0 heterocycles. The highest BCUT2D eigenvalue weighted by molar-refractivity contribution is 5.79. The quantitative estimate of drug-likeness (QED) is 0.482. The zero-order valence-corrected chi connectivity index (χ0v) is 14.5. The Labute approximate surface area is 143 Å². The molecule has 2 aromatic rings. The van der Waals surface area contributed by atoms with Crippen LogP contribution in [-0.2, 0) is 6.54 Å².